The minimum atomic E-state index is -1.83. The van der Waals surface area contributed by atoms with Crippen molar-refractivity contribution >= 4 is 33.5 Å². The summed E-state index contributed by atoms with van der Waals surface area (Å²) in [5.41, 5.74) is 5.16. The summed E-state index contributed by atoms with van der Waals surface area (Å²) in [6, 6.07) is 0. The highest BCUT2D eigenvalue weighted by Gasteiger charge is 2.06. The Hall–Kier alpha value is -1.70. The van der Waals surface area contributed by atoms with Crippen LogP contribution in [0.1, 0.15) is 0 Å². The molecule has 1 aromatic rings. The molecular formula is C4H3N4O3S-. The molecule has 0 aliphatic rings. The largest absolute Gasteiger partial charge is 0.540 e. The number of nitrogens with zero attached hydrogens (tertiary/aromatic N) is 2. The Kier molecular flexibility index (Phi) is 2.19. The van der Waals surface area contributed by atoms with Gasteiger partial charge in [0, 0.05) is 0 Å². The van der Waals surface area contributed by atoms with E-state index in [0.717, 1.165) is 11.3 Å². The molecule has 1 heterocycles. The molecule has 1 rings (SSSR count). The molecule has 0 saturated carbocycles. The Bertz CT molecular complexity index is 322. The van der Waals surface area contributed by atoms with Crippen molar-refractivity contribution < 1.29 is 14.7 Å². The first-order chi connectivity index (χ1) is 5.59. The van der Waals surface area contributed by atoms with Gasteiger partial charge in [0.25, 0.3) is 5.91 Å². The summed E-state index contributed by atoms with van der Waals surface area (Å²) in [7, 11) is 0. The molecule has 0 bridgehead atoms. The Balaban J connectivity index is 2.64. The van der Waals surface area contributed by atoms with Gasteiger partial charge in [0.2, 0.25) is 10.3 Å². The standard InChI is InChI=1S/C4H4N4O3S/c5-3-7-8-4(12-3)6-1(9)2(10)11/h(H2,5,7)(H,10,11)(H,6,8,9)/p-1. The Labute approximate surface area is 70.2 Å². The number of anilines is 2. The van der Waals surface area contributed by atoms with E-state index in [2.05, 4.69) is 10.2 Å². The molecule has 0 atom stereocenters. The van der Waals surface area contributed by atoms with Crippen molar-refractivity contribution in [3.8, 4) is 0 Å². The van der Waals surface area contributed by atoms with Gasteiger partial charge >= 0.3 is 0 Å². The third-order valence-electron chi connectivity index (χ3n) is 0.846. The average Bonchev–Trinajstić information content (AvgIpc) is 2.35. The maximum Gasteiger partial charge on any atom is 0.273 e. The van der Waals surface area contributed by atoms with Crippen LogP contribution in [0.4, 0.5) is 10.3 Å². The van der Waals surface area contributed by atoms with Crippen LogP contribution in [0.2, 0.25) is 0 Å². The van der Waals surface area contributed by atoms with E-state index in [9.17, 15) is 14.7 Å². The second-order valence-electron chi connectivity index (χ2n) is 1.69. The molecule has 0 radical (unpaired) electrons. The van der Waals surface area contributed by atoms with Crippen molar-refractivity contribution in [1.82, 2.24) is 10.2 Å². The number of aromatic nitrogens is 2. The van der Waals surface area contributed by atoms with Crippen molar-refractivity contribution in [2.24, 2.45) is 0 Å². The molecule has 0 aliphatic carbocycles. The molecule has 3 N–H and O–H groups in total. The molecule has 64 valence electrons. The maximum atomic E-state index is 10.4. The van der Waals surface area contributed by atoms with Crippen LogP contribution in [-0.2, 0) is 9.59 Å². The Morgan fingerprint density at radius 3 is 2.58 bits per heavy atom. The minimum Gasteiger partial charge on any atom is -0.540 e. The fraction of sp³-hybridized carbons (Fsp3) is 0. The second kappa shape index (κ2) is 3.13. The van der Waals surface area contributed by atoms with Crippen LogP contribution >= 0.6 is 11.3 Å². The number of rotatable bonds is 1. The summed E-state index contributed by atoms with van der Waals surface area (Å²) in [6.07, 6.45) is 0. The lowest BCUT2D eigenvalue weighted by Crippen LogP contribution is -2.36. The Morgan fingerprint density at radius 1 is 1.50 bits per heavy atom. The number of carboxylic acids is 1. The number of aliphatic carboxylic acids is 1. The Morgan fingerprint density at radius 2 is 2.17 bits per heavy atom. The lowest BCUT2D eigenvalue weighted by Gasteiger charge is -1.98. The van der Waals surface area contributed by atoms with Gasteiger partial charge in [-0.05, 0) is 0 Å². The lowest BCUT2D eigenvalue weighted by atomic mass is 10.6. The van der Waals surface area contributed by atoms with Crippen LogP contribution in [0.15, 0.2) is 0 Å². The monoisotopic (exact) mass is 187 g/mol. The van der Waals surface area contributed by atoms with E-state index in [1.807, 2.05) is 5.32 Å². The molecule has 0 fully saturated rings. The van der Waals surface area contributed by atoms with Crippen LogP contribution in [0, 0.1) is 0 Å². The van der Waals surface area contributed by atoms with Crippen LogP contribution in [0.25, 0.3) is 0 Å². The lowest BCUT2D eigenvalue weighted by molar-refractivity contribution is -0.299. The van der Waals surface area contributed by atoms with Crippen molar-refractivity contribution in [3.63, 3.8) is 0 Å². The highest BCUT2D eigenvalue weighted by molar-refractivity contribution is 7.19. The number of nitrogen functional groups attached to an aromatic ring is 1. The molecule has 0 aliphatic heterocycles. The van der Waals surface area contributed by atoms with E-state index in [4.69, 9.17) is 5.73 Å². The van der Waals surface area contributed by atoms with Crippen LogP contribution in [-0.4, -0.2) is 22.1 Å². The predicted octanol–water partition coefficient (Wildman–Crippen LogP) is -2.19. The van der Waals surface area contributed by atoms with Crippen LogP contribution in [0.5, 0.6) is 0 Å². The van der Waals surface area contributed by atoms with Gasteiger partial charge < -0.3 is 15.6 Å². The molecule has 7 nitrogen and oxygen atoms in total. The number of carboxylic acid groups (broad SMARTS) is 1. The normalized spacial score (nSPS) is 9.33. The molecular weight excluding hydrogens is 184 g/mol. The van der Waals surface area contributed by atoms with Gasteiger partial charge in [-0.2, -0.15) is 0 Å². The number of carbonyl (C=O) groups excluding carboxylic acids is 2. The van der Waals surface area contributed by atoms with E-state index in [0.29, 0.717) is 0 Å². The number of carbonyl (C=O) groups is 2. The van der Waals surface area contributed by atoms with Crippen molar-refractivity contribution in [1.29, 1.82) is 0 Å². The summed E-state index contributed by atoms with van der Waals surface area (Å²) in [4.78, 5) is 20.4. The predicted molar refractivity (Wildman–Crippen MR) is 38.0 cm³/mol. The number of hydrogen-bond acceptors (Lipinski definition) is 7. The van der Waals surface area contributed by atoms with E-state index in [-0.39, 0.29) is 10.3 Å². The van der Waals surface area contributed by atoms with Crippen molar-refractivity contribution in [2.45, 2.75) is 0 Å². The summed E-state index contributed by atoms with van der Waals surface area (Å²) in [5.74, 6) is -3.10. The molecule has 1 aromatic heterocycles. The minimum absolute atomic E-state index is 0.0294. The molecule has 0 aromatic carbocycles. The SMILES string of the molecule is Nc1nnc(NC(=O)C(=O)[O-])s1. The fourth-order valence-corrected chi connectivity index (χ4v) is 0.938. The molecule has 0 spiro atoms. The van der Waals surface area contributed by atoms with E-state index < -0.39 is 11.9 Å². The third-order valence-corrected chi connectivity index (χ3v) is 1.51. The first-order valence-corrected chi connectivity index (χ1v) is 3.52. The third kappa shape index (κ3) is 1.89. The van der Waals surface area contributed by atoms with Crippen molar-refractivity contribution in [2.75, 3.05) is 11.1 Å². The van der Waals surface area contributed by atoms with E-state index in [1.54, 1.807) is 0 Å². The number of nitrogens with two attached hydrogens (primary N) is 1. The van der Waals surface area contributed by atoms with E-state index >= 15 is 0 Å². The van der Waals surface area contributed by atoms with Gasteiger partial charge in [-0.1, -0.05) is 11.3 Å². The maximum absolute atomic E-state index is 10.4. The molecule has 8 heteroatoms. The molecule has 0 saturated heterocycles. The smallest absolute Gasteiger partial charge is 0.273 e. The van der Waals surface area contributed by atoms with Gasteiger partial charge in [0.1, 0.15) is 5.97 Å². The number of amides is 1. The van der Waals surface area contributed by atoms with Crippen LogP contribution < -0.4 is 16.2 Å². The molecule has 1 amide bonds. The molecule has 0 unspecified atom stereocenters. The first-order valence-electron chi connectivity index (χ1n) is 2.71. The van der Waals surface area contributed by atoms with E-state index in [1.165, 1.54) is 0 Å². The zero-order valence-electron chi connectivity index (χ0n) is 5.60. The quantitative estimate of drug-likeness (QED) is 0.481. The topological polar surface area (TPSA) is 121 Å². The van der Waals surface area contributed by atoms with Gasteiger partial charge in [0.05, 0.1) is 0 Å². The average molecular weight is 187 g/mol. The number of nitrogens with one attached hydrogen (secondary N) is 1. The van der Waals surface area contributed by atoms with Gasteiger partial charge in [-0.25, -0.2) is 0 Å². The fourth-order valence-electron chi connectivity index (χ4n) is 0.433. The highest BCUT2D eigenvalue weighted by atomic mass is 32.1. The van der Waals surface area contributed by atoms with Gasteiger partial charge in [0.15, 0.2) is 0 Å². The zero-order chi connectivity index (χ0) is 9.14. The summed E-state index contributed by atoms with van der Waals surface area (Å²) >= 11 is 0.866. The summed E-state index contributed by atoms with van der Waals surface area (Å²) in [5, 5.41) is 18.7. The zero-order valence-corrected chi connectivity index (χ0v) is 6.42. The second-order valence-corrected chi connectivity index (χ2v) is 2.70. The summed E-state index contributed by atoms with van der Waals surface area (Å²) < 4.78 is 0. The van der Waals surface area contributed by atoms with Gasteiger partial charge in [-0.3, -0.25) is 10.1 Å². The van der Waals surface area contributed by atoms with Gasteiger partial charge in [-0.15, -0.1) is 10.2 Å². The van der Waals surface area contributed by atoms with Crippen LogP contribution in [0.3, 0.4) is 0 Å². The van der Waals surface area contributed by atoms with Crippen molar-refractivity contribution in [3.05, 3.63) is 0 Å². The number of hydrogen-bond donors (Lipinski definition) is 2. The first kappa shape index (κ1) is 8.40. The molecule has 12 heavy (non-hydrogen) atoms. The summed E-state index contributed by atoms with van der Waals surface area (Å²) in [6.45, 7) is 0. The highest BCUT2D eigenvalue weighted by Crippen LogP contribution is 2.15.